The van der Waals surface area contributed by atoms with Crippen molar-refractivity contribution < 1.29 is 0 Å². The predicted octanol–water partition coefficient (Wildman–Crippen LogP) is 4.65. The van der Waals surface area contributed by atoms with Crippen molar-refractivity contribution in [1.82, 2.24) is 4.98 Å². The van der Waals surface area contributed by atoms with Crippen LogP contribution in [-0.2, 0) is 6.42 Å². The van der Waals surface area contributed by atoms with Crippen LogP contribution in [0.5, 0.6) is 0 Å². The van der Waals surface area contributed by atoms with Gasteiger partial charge in [-0.1, -0.05) is 28.1 Å². The number of rotatable bonds is 4. The molecule has 1 unspecified atom stereocenters. The third-order valence-electron chi connectivity index (χ3n) is 2.60. The Balaban J connectivity index is 1.94. The first-order valence-corrected chi connectivity index (χ1v) is 7.34. The van der Waals surface area contributed by atoms with E-state index in [0.717, 1.165) is 21.2 Å². The van der Waals surface area contributed by atoms with Gasteiger partial charge in [0.15, 0.2) is 0 Å². The van der Waals surface area contributed by atoms with E-state index in [1.165, 1.54) is 5.56 Å². The van der Waals surface area contributed by atoms with Crippen molar-refractivity contribution in [2.75, 3.05) is 5.32 Å². The average molecular weight is 370 g/mol. The minimum absolute atomic E-state index is 0.370. The first-order chi connectivity index (χ1) is 8.63. The van der Waals surface area contributed by atoms with Crippen LogP contribution in [0.15, 0.2) is 51.7 Å². The SMILES string of the molecule is CC(Cc1ccc(Br)cc1)Nc1ccc(Br)nc1. The predicted molar refractivity (Wildman–Crippen MR) is 82.9 cm³/mol. The summed E-state index contributed by atoms with van der Waals surface area (Å²) >= 11 is 6.77. The van der Waals surface area contributed by atoms with Crippen molar-refractivity contribution in [2.45, 2.75) is 19.4 Å². The Morgan fingerprint density at radius 3 is 2.44 bits per heavy atom. The van der Waals surface area contributed by atoms with Crippen LogP contribution in [0, 0.1) is 0 Å². The molecule has 2 aromatic rings. The van der Waals surface area contributed by atoms with Gasteiger partial charge >= 0.3 is 0 Å². The lowest BCUT2D eigenvalue weighted by molar-refractivity contribution is 0.789. The molecular formula is C14H14Br2N2. The van der Waals surface area contributed by atoms with Gasteiger partial charge in [0.05, 0.1) is 11.9 Å². The van der Waals surface area contributed by atoms with E-state index in [9.17, 15) is 0 Å². The van der Waals surface area contributed by atoms with E-state index >= 15 is 0 Å². The Kier molecular flexibility index (Phi) is 4.78. The fraction of sp³-hybridized carbons (Fsp3) is 0.214. The van der Waals surface area contributed by atoms with Crippen LogP contribution in [0.4, 0.5) is 5.69 Å². The number of hydrogen-bond acceptors (Lipinski definition) is 2. The van der Waals surface area contributed by atoms with E-state index in [4.69, 9.17) is 0 Å². The quantitative estimate of drug-likeness (QED) is 0.793. The van der Waals surface area contributed by atoms with E-state index in [1.54, 1.807) is 0 Å². The average Bonchev–Trinajstić information content (AvgIpc) is 2.35. The first-order valence-electron chi connectivity index (χ1n) is 5.76. The maximum Gasteiger partial charge on any atom is 0.106 e. The topological polar surface area (TPSA) is 24.9 Å². The van der Waals surface area contributed by atoms with Gasteiger partial charge in [-0.15, -0.1) is 0 Å². The summed E-state index contributed by atoms with van der Waals surface area (Å²) in [6.45, 7) is 2.17. The van der Waals surface area contributed by atoms with Gasteiger partial charge in [-0.3, -0.25) is 0 Å². The number of pyridine rings is 1. The summed E-state index contributed by atoms with van der Waals surface area (Å²) in [6.07, 6.45) is 2.82. The Hall–Kier alpha value is -0.870. The van der Waals surface area contributed by atoms with Crippen molar-refractivity contribution >= 4 is 37.5 Å². The second-order valence-electron chi connectivity index (χ2n) is 4.25. The Morgan fingerprint density at radius 1 is 1.11 bits per heavy atom. The Bertz CT molecular complexity index is 447. The highest BCUT2D eigenvalue weighted by molar-refractivity contribution is 9.10. The van der Waals surface area contributed by atoms with Crippen molar-refractivity contribution in [1.29, 1.82) is 0 Å². The zero-order chi connectivity index (χ0) is 13.0. The summed E-state index contributed by atoms with van der Waals surface area (Å²) in [5, 5.41) is 3.44. The minimum atomic E-state index is 0.370. The number of nitrogens with one attached hydrogen (secondary N) is 1. The van der Waals surface area contributed by atoms with Gasteiger partial charge in [0.1, 0.15) is 4.60 Å². The normalized spacial score (nSPS) is 12.2. The van der Waals surface area contributed by atoms with Gasteiger partial charge in [0.25, 0.3) is 0 Å². The van der Waals surface area contributed by atoms with Crippen LogP contribution < -0.4 is 5.32 Å². The highest BCUT2D eigenvalue weighted by Gasteiger charge is 2.04. The van der Waals surface area contributed by atoms with Crippen LogP contribution in [0.2, 0.25) is 0 Å². The van der Waals surface area contributed by atoms with Gasteiger partial charge in [0, 0.05) is 10.5 Å². The standard InChI is InChI=1S/C14H14Br2N2/c1-10(8-11-2-4-12(15)5-3-11)18-13-6-7-14(16)17-9-13/h2-7,9-10,18H,8H2,1H3. The molecule has 1 heterocycles. The van der Waals surface area contributed by atoms with Gasteiger partial charge in [-0.25, -0.2) is 4.98 Å². The molecule has 1 aromatic heterocycles. The molecule has 0 amide bonds. The van der Waals surface area contributed by atoms with Crippen molar-refractivity contribution in [2.24, 2.45) is 0 Å². The van der Waals surface area contributed by atoms with Gasteiger partial charge < -0.3 is 5.32 Å². The van der Waals surface area contributed by atoms with Crippen LogP contribution >= 0.6 is 31.9 Å². The molecule has 0 aliphatic carbocycles. The number of aromatic nitrogens is 1. The van der Waals surface area contributed by atoms with Crippen LogP contribution in [0.25, 0.3) is 0 Å². The summed E-state index contributed by atoms with van der Waals surface area (Å²) in [7, 11) is 0. The lowest BCUT2D eigenvalue weighted by atomic mass is 10.1. The molecule has 2 rings (SSSR count). The second kappa shape index (κ2) is 6.34. The molecule has 1 N–H and O–H groups in total. The fourth-order valence-electron chi connectivity index (χ4n) is 1.77. The van der Waals surface area contributed by atoms with E-state index in [0.29, 0.717) is 6.04 Å². The van der Waals surface area contributed by atoms with Crippen molar-refractivity contribution in [3.8, 4) is 0 Å². The lowest BCUT2D eigenvalue weighted by Crippen LogP contribution is -2.18. The maximum absolute atomic E-state index is 4.20. The largest absolute Gasteiger partial charge is 0.381 e. The van der Waals surface area contributed by atoms with Gasteiger partial charge in [-0.05, 0) is 59.1 Å². The second-order valence-corrected chi connectivity index (χ2v) is 5.97. The molecule has 0 radical (unpaired) electrons. The summed E-state index contributed by atoms with van der Waals surface area (Å²) in [5.74, 6) is 0. The summed E-state index contributed by atoms with van der Waals surface area (Å²) in [6, 6.07) is 12.8. The molecular weight excluding hydrogens is 356 g/mol. The number of halogens is 2. The molecule has 1 aromatic carbocycles. The van der Waals surface area contributed by atoms with Crippen LogP contribution in [0.3, 0.4) is 0 Å². The third kappa shape index (κ3) is 4.10. The first kappa shape index (κ1) is 13.6. The molecule has 0 fully saturated rings. The van der Waals surface area contributed by atoms with Gasteiger partial charge in [0.2, 0.25) is 0 Å². The number of nitrogens with zero attached hydrogens (tertiary/aromatic N) is 1. The molecule has 18 heavy (non-hydrogen) atoms. The molecule has 0 aliphatic heterocycles. The molecule has 0 aliphatic rings. The number of anilines is 1. The zero-order valence-electron chi connectivity index (χ0n) is 10.0. The third-order valence-corrected chi connectivity index (χ3v) is 3.59. The smallest absolute Gasteiger partial charge is 0.106 e. The van der Waals surface area contributed by atoms with Crippen molar-refractivity contribution in [3.05, 3.63) is 57.2 Å². The molecule has 94 valence electrons. The number of benzene rings is 1. The Morgan fingerprint density at radius 2 is 1.83 bits per heavy atom. The molecule has 4 heteroatoms. The zero-order valence-corrected chi connectivity index (χ0v) is 13.2. The van der Waals surface area contributed by atoms with Crippen molar-refractivity contribution in [3.63, 3.8) is 0 Å². The monoisotopic (exact) mass is 368 g/mol. The van der Waals surface area contributed by atoms with Crippen LogP contribution in [-0.4, -0.2) is 11.0 Å². The Labute approximate surface area is 124 Å². The van der Waals surface area contributed by atoms with Gasteiger partial charge in [-0.2, -0.15) is 0 Å². The van der Waals surface area contributed by atoms with E-state index in [-0.39, 0.29) is 0 Å². The van der Waals surface area contributed by atoms with E-state index < -0.39 is 0 Å². The summed E-state index contributed by atoms with van der Waals surface area (Å²) in [5.41, 5.74) is 2.37. The van der Waals surface area contributed by atoms with E-state index in [1.807, 2.05) is 18.3 Å². The lowest BCUT2D eigenvalue weighted by Gasteiger charge is -2.15. The summed E-state index contributed by atoms with van der Waals surface area (Å²) < 4.78 is 1.97. The maximum atomic E-state index is 4.20. The molecule has 0 bridgehead atoms. The highest BCUT2D eigenvalue weighted by Crippen LogP contribution is 2.15. The summed E-state index contributed by atoms with van der Waals surface area (Å²) in [4.78, 5) is 4.20. The highest BCUT2D eigenvalue weighted by atomic mass is 79.9. The fourth-order valence-corrected chi connectivity index (χ4v) is 2.27. The van der Waals surface area contributed by atoms with Crippen LogP contribution in [0.1, 0.15) is 12.5 Å². The minimum Gasteiger partial charge on any atom is -0.381 e. The van der Waals surface area contributed by atoms with E-state index in [2.05, 4.69) is 73.3 Å². The molecule has 0 saturated carbocycles. The molecule has 0 saturated heterocycles. The molecule has 0 spiro atoms. The number of hydrogen-bond donors (Lipinski definition) is 1. The molecule has 2 nitrogen and oxygen atoms in total. The molecule has 1 atom stereocenters.